The Hall–Kier alpha value is -1.98. The topological polar surface area (TPSA) is 49.4 Å². The van der Waals surface area contributed by atoms with E-state index in [1.165, 1.54) is 31.0 Å². The number of hydrogen-bond acceptors (Lipinski definition) is 3. The molecule has 0 spiro atoms. The Morgan fingerprint density at radius 2 is 1.87 bits per heavy atom. The Morgan fingerprint density at radius 3 is 2.63 bits per heavy atom. The van der Waals surface area contributed by atoms with Crippen molar-refractivity contribution in [2.24, 2.45) is 0 Å². The fraction of sp³-hybridized carbons (Fsp3) is 0.417. The Kier molecular flexibility index (Phi) is 8.64. The second kappa shape index (κ2) is 11.4. The van der Waals surface area contributed by atoms with E-state index in [9.17, 15) is 9.59 Å². The Bertz CT molecular complexity index is 868. The van der Waals surface area contributed by atoms with Crippen molar-refractivity contribution in [2.75, 3.05) is 19.3 Å². The van der Waals surface area contributed by atoms with Gasteiger partial charge in [0.25, 0.3) is 5.91 Å². The number of rotatable bonds is 8. The summed E-state index contributed by atoms with van der Waals surface area (Å²) in [7, 11) is 1.91. The van der Waals surface area contributed by atoms with Gasteiger partial charge in [0.1, 0.15) is 0 Å². The summed E-state index contributed by atoms with van der Waals surface area (Å²) in [5, 5.41) is 3.68. The first-order valence-electron chi connectivity index (χ1n) is 10.5. The molecule has 1 saturated carbocycles. The number of carbonyl (C=O) groups excluding carboxylic acids is 2. The molecule has 2 amide bonds. The minimum Gasteiger partial charge on any atom is -0.352 e. The maximum atomic E-state index is 12.7. The van der Waals surface area contributed by atoms with Crippen LogP contribution in [0.3, 0.4) is 0 Å². The molecule has 0 aromatic heterocycles. The highest BCUT2D eigenvalue weighted by molar-refractivity contribution is 8.00. The van der Waals surface area contributed by atoms with Crippen molar-refractivity contribution in [1.29, 1.82) is 0 Å². The number of nitrogens with zero attached hydrogens (tertiary/aromatic N) is 1. The van der Waals surface area contributed by atoms with E-state index in [0.29, 0.717) is 35.3 Å². The van der Waals surface area contributed by atoms with Gasteiger partial charge in [-0.15, -0.1) is 11.8 Å². The number of amides is 2. The van der Waals surface area contributed by atoms with Crippen LogP contribution in [0.2, 0.25) is 5.02 Å². The number of carbonyl (C=O) groups is 2. The van der Waals surface area contributed by atoms with Crippen LogP contribution in [0, 0.1) is 0 Å². The van der Waals surface area contributed by atoms with Gasteiger partial charge in [0.2, 0.25) is 5.91 Å². The third kappa shape index (κ3) is 6.51. The number of benzene rings is 2. The summed E-state index contributed by atoms with van der Waals surface area (Å²) in [5.41, 5.74) is 1.70. The summed E-state index contributed by atoms with van der Waals surface area (Å²) in [6.07, 6.45) is 6.58. The van der Waals surface area contributed by atoms with E-state index in [2.05, 4.69) is 5.32 Å². The van der Waals surface area contributed by atoms with Crippen LogP contribution in [0.1, 0.15) is 48.0 Å². The first kappa shape index (κ1) is 22.7. The molecule has 0 radical (unpaired) electrons. The van der Waals surface area contributed by atoms with Gasteiger partial charge in [-0.1, -0.05) is 55.1 Å². The van der Waals surface area contributed by atoms with Gasteiger partial charge >= 0.3 is 0 Å². The molecule has 4 nitrogen and oxygen atoms in total. The van der Waals surface area contributed by atoms with E-state index in [0.717, 1.165) is 23.3 Å². The molecule has 1 aliphatic carbocycles. The van der Waals surface area contributed by atoms with Crippen molar-refractivity contribution < 1.29 is 9.59 Å². The molecule has 1 N–H and O–H groups in total. The van der Waals surface area contributed by atoms with E-state index in [1.54, 1.807) is 0 Å². The normalized spacial score (nSPS) is 14.3. The molecule has 6 heteroatoms. The van der Waals surface area contributed by atoms with Gasteiger partial charge in [-0.25, -0.2) is 0 Å². The van der Waals surface area contributed by atoms with E-state index in [4.69, 9.17) is 11.6 Å². The molecule has 2 aromatic rings. The summed E-state index contributed by atoms with van der Waals surface area (Å²) in [4.78, 5) is 28.1. The summed E-state index contributed by atoms with van der Waals surface area (Å²) in [6, 6.07) is 15.5. The molecular weight excluding hydrogens is 416 g/mol. The third-order valence-corrected chi connectivity index (χ3v) is 6.88. The second-order valence-corrected chi connectivity index (χ2v) is 9.17. The average Bonchev–Trinajstić information content (AvgIpc) is 2.77. The van der Waals surface area contributed by atoms with Gasteiger partial charge in [-0.05, 0) is 49.1 Å². The first-order valence-corrected chi connectivity index (χ1v) is 11.9. The smallest absolute Gasteiger partial charge is 0.252 e. The lowest BCUT2D eigenvalue weighted by molar-refractivity contribution is -0.129. The Morgan fingerprint density at radius 1 is 1.10 bits per heavy atom. The molecule has 0 saturated heterocycles. The fourth-order valence-corrected chi connectivity index (χ4v) is 4.99. The van der Waals surface area contributed by atoms with Crippen LogP contribution in [-0.4, -0.2) is 42.1 Å². The monoisotopic (exact) mass is 444 g/mol. The number of nitrogens with one attached hydrogen (secondary N) is 1. The summed E-state index contributed by atoms with van der Waals surface area (Å²) >= 11 is 7.45. The molecule has 1 aliphatic rings. The lowest BCUT2D eigenvalue weighted by Gasteiger charge is -2.31. The van der Waals surface area contributed by atoms with Crippen LogP contribution in [0.4, 0.5) is 0 Å². The minimum absolute atomic E-state index is 0.117. The number of halogens is 1. The van der Waals surface area contributed by atoms with Crippen molar-refractivity contribution in [3.8, 4) is 0 Å². The summed E-state index contributed by atoms with van der Waals surface area (Å²) in [5.74, 6) is 0.357. The van der Waals surface area contributed by atoms with Crippen LogP contribution >= 0.6 is 23.4 Å². The van der Waals surface area contributed by atoms with Crippen LogP contribution in [0.5, 0.6) is 0 Å². The van der Waals surface area contributed by atoms with Crippen molar-refractivity contribution in [3.05, 3.63) is 64.7 Å². The van der Waals surface area contributed by atoms with Crippen LogP contribution in [0.15, 0.2) is 53.4 Å². The zero-order valence-corrected chi connectivity index (χ0v) is 19.0. The average molecular weight is 445 g/mol. The largest absolute Gasteiger partial charge is 0.352 e. The number of thioether (sulfide) groups is 1. The van der Waals surface area contributed by atoms with Crippen molar-refractivity contribution >= 4 is 35.2 Å². The van der Waals surface area contributed by atoms with Gasteiger partial charge in [0.05, 0.1) is 11.3 Å². The minimum atomic E-state index is -0.117. The molecule has 0 atom stereocenters. The highest BCUT2D eigenvalue weighted by Crippen LogP contribution is 2.25. The van der Waals surface area contributed by atoms with Crippen LogP contribution in [0.25, 0.3) is 0 Å². The molecule has 2 aromatic carbocycles. The molecule has 0 aliphatic heterocycles. The van der Waals surface area contributed by atoms with Gasteiger partial charge < -0.3 is 10.2 Å². The van der Waals surface area contributed by atoms with E-state index >= 15 is 0 Å². The Labute approximate surface area is 188 Å². The summed E-state index contributed by atoms with van der Waals surface area (Å²) in [6.45, 7) is 0.529. The molecule has 1 fully saturated rings. The zero-order chi connectivity index (χ0) is 21.3. The molecule has 30 heavy (non-hydrogen) atoms. The highest BCUT2D eigenvalue weighted by atomic mass is 35.5. The third-order valence-electron chi connectivity index (χ3n) is 5.59. The van der Waals surface area contributed by atoms with Gasteiger partial charge in [-0.2, -0.15) is 0 Å². The van der Waals surface area contributed by atoms with E-state index < -0.39 is 0 Å². The predicted molar refractivity (Wildman–Crippen MR) is 124 cm³/mol. The maximum absolute atomic E-state index is 12.7. The van der Waals surface area contributed by atoms with Crippen LogP contribution in [-0.2, 0) is 11.2 Å². The molecule has 160 valence electrons. The van der Waals surface area contributed by atoms with Crippen LogP contribution < -0.4 is 5.32 Å². The zero-order valence-electron chi connectivity index (χ0n) is 17.4. The predicted octanol–water partition coefficient (Wildman–Crippen LogP) is 5.20. The number of hydrogen-bond donors (Lipinski definition) is 1. The van der Waals surface area contributed by atoms with E-state index in [1.807, 2.05) is 60.5 Å². The SMILES string of the molecule is CN(C(=O)CSc1ccccc1C(=O)NCCc1cccc(Cl)c1)C1CCCCC1. The van der Waals surface area contributed by atoms with Gasteiger partial charge in [0, 0.05) is 29.6 Å². The van der Waals surface area contributed by atoms with Crippen molar-refractivity contribution in [2.45, 2.75) is 49.5 Å². The van der Waals surface area contributed by atoms with Crippen molar-refractivity contribution in [1.82, 2.24) is 10.2 Å². The second-order valence-electron chi connectivity index (χ2n) is 7.72. The lowest BCUT2D eigenvalue weighted by Crippen LogP contribution is -2.39. The lowest BCUT2D eigenvalue weighted by atomic mass is 9.94. The Balaban J connectivity index is 1.53. The standard InChI is InChI=1S/C24H29ClN2O2S/c1-27(20-10-3-2-4-11-20)23(28)17-30-22-13-6-5-12-21(22)24(29)26-15-14-18-8-7-9-19(25)16-18/h5-9,12-13,16,20H,2-4,10-11,14-15,17H2,1H3,(H,26,29). The summed E-state index contributed by atoms with van der Waals surface area (Å²) < 4.78 is 0. The van der Waals surface area contributed by atoms with Gasteiger partial charge in [-0.3, -0.25) is 9.59 Å². The molecular formula is C24H29ClN2O2S. The quantitative estimate of drug-likeness (QED) is 0.569. The first-order chi connectivity index (χ1) is 14.5. The van der Waals surface area contributed by atoms with E-state index in [-0.39, 0.29) is 11.8 Å². The van der Waals surface area contributed by atoms with Gasteiger partial charge in [0.15, 0.2) is 0 Å². The molecule has 0 bridgehead atoms. The van der Waals surface area contributed by atoms with Crippen molar-refractivity contribution in [3.63, 3.8) is 0 Å². The fourth-order valence-electron chi connectivity index (χ4n) is 3.80. The molecule has 0 heterocycles. The molecule has 0 unspecified atom stereocenters. The molecule has 3 rings (SSSR count). The highest BCUT2D eigenvalue weighted by Gasteiger charge is 2.22. The maximum Gasteiger partial charge on any atom is 0.252 e.